The van der Waals surface area contributed by atoms with Crippen molar-refractivity contribution in [3.05, 3.63) is 29.3 Å². The van der Waals surface area contributed by atoms with Crippen molar-refractivity contribution in [2.24, 2.45) is 0 Å². The fourth-order valence-corrected chi connectivity index (χ4v) is 2.02. The lowest BCUT2D eigenvalue weighted by Gasteiger charge is -2.30. The maximum atomic E-state index is 12.1. The summed E-state index contributed by atoms with van der Waals surface area (Å²) in [6.45, 7) is 0.379. The Labute approximate surface area is 99.5 Å². The molecule has 0 radical (unpaired) electrons. The van der Waals surface area contributed by atoms with Gasteiger partial charge in [-0.25, -0.2) is 0 Å². The maximum absolute atomic E-state index is 12.1. The van der Waals surface area contributed by atoms with Gasteiger partial charge in [-0.3, -0.25) is 4.79 Å². The molecular weight excluding hydrogens is 220 g/mol. The zero-order valence-electron chi connectivity index (χ0n) is 9.47. The molecule has 1 heterocycles. The van der Waals surface area contributed by atoms with Gasteiger partial charge in [0, 0.05) is 24.3 Å². The van der Waals surface area contributed by atoms with Crippen molar-refractivity contribution in [2.45, 2.75) is 12.5 Å². The highest BCUT2D eigenvalue weighted by Crippen LogP contribution is 2.21. The molecule has 0 fully saturated rings. The number of hydrogen-bond acceptors (Lipinski definition) is 4. The smallest absolute Gasteiger partial charge is 0.254 e. The second-order valence-electron chi connectivity index (χ2n) is 4.25. The number of amides is 1. The third-order valence-electron chi connectivity index (χ3n) is 2.94. The molecular formula is C12H16N2O3. The van der Waals surface area contributed by atoms with Crippen LogP contribution in [-0.4, -0.2) is 46.8 Å². The Hall–Kier alpha value is -1.59. The molecule has 92 valence electrons. The Morgan fingerprint density at radius 1 is 1.47 bits per heavy atom. The average molecular weight is 236 g/mol. The quantitative estimate of drug-likeness (QED) is 0.624. The van der Waals surface area contributed by atoms with E-state index in [1.54, 1.807) is 17.0 Å². The number of benzene rings is 1. The largest absolute Gasteiger partial charge is 0.399 e. The van der Waals surface area contributed by atoms with Gasteiger partial charge in [-0.05, 0) is 24.1 Å². The first-order valence-corrected chi connectivity index (χ1v) is 5.58. The molecule has 1 unspecified atom stereocenters. The van der Waals surface area contributed by atoms with Crippen LogP contribution in [0.25, 0.3) is 0 Å². The predicted molar refractivity (Wildman–Crippen MR) is 63.6 cm³/mol. The molecule has 1 aromatic rings. The number of hydrogen-bond donors (Lipinski definition) is 3. The minimum absolute atomic E-state index is 0.133. The van der Waals surface area contributed by atoms with Crippen molar-refractivity contribution in [3.63, 3.8) is 0 Å². The first-order chi connectivity index (χ1) is 8.11. The second-order valence-corrected chi connectivity index (χ2v) is 4.25. The van der Waals surface area contributed by atoms with Crippen LogP contribution in [0, 0.1) is 0 Å². The van der Waals surface area contributed by atoms with Gasteiger partial charge in [-0.1, -0.05) is 6.07 Å². The number of aliphatic hydroxyl groups is 2. The number of nitrogens with two attached hydrogens (primary N) is 1. The van der Waals surface area contributed by atoms with E-state index in [0.29, 0.717) is 17.8 Å². The standard InChI is InChI=1S/C12H16N2O3/c13-9-2-1-8-3-4-14(6-10(16)7-15)12(17)11(8)5-9/h1-2,5,10,15-16H,3-4,6-7,13H2. The van der Waals surface area contributed by atoms with Gasteiger partial charge in [0.1, 0.15) is 0 Å². The highest BCUT2D eigenvalue weighted by atomic mass is 16.3. The number of aliphatic hydroxyl groups excluding tert-OH is 2. The molecule has 5 heteroatoms. The summed E-state index contributed by atoms with van der Waals surface area (Å²) in [7, 11) is 0. The van der Waals surface area contributed by atoms with E-state index in [9.17, 15) is 9.90 Å². The second kappa shape index (κ2) is 4.73. The van der Waals surface area contributed by atoms with E-state index in [2.05, 4.69) is 0 Å². The first-order valence-electron chi connectivity index (χ1n) is 5.58. The number of nitrogen functional groups attached to an aromatic ring is 1. The van der Waals surface area contributed by atoms with Crippen LogP contribution in [0.2, 0.25) is 0 Å². The molecule has 0 saturated carbocycles. The zero-order valence-corrected chi connectivity index (χ0v) is 9.47. The van der Waals surface area contributed by atoms with Crippen LogP contribution >= 0.6 is 0 Å². The summed E-state index contributed by atoms with van der Waals surface area (Å²) in [5.41, 5.74) is 7.80. The molecule has 4 N–H and O–H groups in total. The van der Waals surface area contributed by atoms with Gasteiger partial charge < -0.3 is 20.8 Å². The number of fused-ring (bicyclic) bond motifs is 1. The summed E-state index contributed by atoms with van der Waals surface area (Å²) < 4.78 is 0. The molecule has 5 nitrogen and oxygen atoms in total. The lowest BCUT2D eigenvalue weighted by Crippen LogP contribution is -2.43. The molecule has 0 bridgehead atoms. The number of carbonyl (C=O) groups excluding carboxylic acids is 1. The van der Waals surface area contributed by atoms with Crippen molar-refractivity contribution >= 4 is 11.6 Å². The third-order valence-corrected chi connectivity index (χ3v) is 2.94. The van der Waals surface area contributed by atoms with Crippen LogP contribution in [0.5, 0.6) is 0 Å². The zero-order chi connectivity index (χ0) is 12.4. The van der Waals surface area contributed by atoms with E-state index in [1.165, 1.54) is 0 Å². The Morgan fingerprint density at radius 3 is 2.94 bits per heavy atom. The number of anilines is 1. The van der Waals surface area contributed by atoms with Crippen LogP contribution in [0.15, 0.2) is 18.2 Å². The summed E-state index contributed by atoms with van der Waals surface area (Å²) >= 11 is 0. The predicted octanol–water partition coefficient (Wildman–Crippen LogP) is -0.380. The van der Waals surface area contributed by atoms with Crippen LogP contribution < -0.4 is 5.73 Å². The van der Waals surface area contributed by atoms with E-state index in [-0.39, 0.29) is 19.1 Å². The fourth-order valence-electron chi connectivity index (χ4n) is 2.02. The Morgan fingerprint density at radius 2 is 2.24 bits per heavy atom. The number of nitrogens with zero attached hydrogens (tertiary/aromatic N) is 1. The van der Waals surface area contributed by atoms with Gasteiger partial charge in [0.05, 0.1) is 12.7 Å². The SMILES string of the molecule is Nc1ccc2c(c1)C(=O)N(CC(O)CO)CC2. The van der Waals surface area contributed by atoms with E-state index < -0.39 is 6.10 Å². The highest BCUT2D eigenvalue weighted by Gasteiger charge is 2.25. The van der Waals surface area contributed by atoms with Crippen LogP contribution in [-0.2, 0) is 6.42 Å². The number of β-amino-alcohol motifs (C(OH)–C–C–N with tert-alkyl or cyclic N) is 1. The van der Waals surface area contributed by atoms with Crippen molar-refractivity contribution < 1.29 is 15.0 Å². The van der Waals surface area contributed by atoms with E-state index in [1.807, 2.05) is 6.07 Å². The fraction of sp³-hybridized carbons (Fsp3) is 0.417. The van der Waals surface area contributed by atoms with Crippen molar-refractivity contribution in [3.8, 4) is 0 Å². The molecule has 0 saturated heterocycles. The van der Waals surface area contributed by atoms with Crippen LogP contribution in [0.3, 0.4) is 0 Å². The molecule has 1 aromatic carbocycles. The van der Waals surface area contributed by atoms with E-state index in [0.717, 1.165) is 12.0 Å². The van der Waals surface area contributed by atoms with Crippen molar-refractivity contribution in [1.29, 1.82) is 0 Å². The first kappa shape index (κ1) is 11.9. The molecule has 17 heavy (non-hydrogen) atoms. The lowest BCUT2D eigenvalue weighted by molar-refractivity contribution is 0.0445. The van der Waals surface area contributed by atoms with Crippen molar-refractivity contribution in [1.82, 2.24) is 4.90 Å². The molecule has 1 aliphatic heterocycles. The minimum atomic E-state index is -0.887. The molecule has 1 aliphatic rings. The Balaban J connectivity index is 2.20. The number of rotatable bonds is 3. The van der Waals surface area contributed by atoms with Crippen LogP contribution in [0.4, 0.5) is 5.69 Å². The Bertz CT molecular complexity index is 434. The van der Waals surface area contributed by atoms with E-state index >= 15 is 0 Å². The summed E-state index contributed by atoms with van der Waals surface area (Å²) in [4.78, 5) is 13.6. The molecule has 1 atom stereocenters. The molecule has 0 aliphatic carbocycles. The maximum Gasteiger partial charge on any atom is 0.254 e. The van der Waals surface area contributed by atoms with Gasteiger partial charge in [0.15, 0.2) is 0 Å². The normalized spacial score (nSPS) is 16.8. The summed E-state index contributed by atoms with van der Waals surface area (Å²) in [6.07, 6.45) is -0.138. The van der Waals surface area contributed by atoms with Gasteiger partial charge in [0.2, 0.25) is 0 Å². The molecule has 0 aromatic heterocycles. The van der Waals surface area contributed by atoms with Gasteiger partial charge in [-0.15, -0.1) is 0 Å². The monoisotopic (exact) mass is 236 g/mol. The topological polar surface area (TPSA) is 86.8 Å². The average Bonchev–Trinajstić information content (AvgIpc) is 2.33. The highest BCUT2D eigenvalue weighted by molar-refractivity contribution is 5.97. The van der Waals surface area contributed by atoms with Gasteiger partial charge >= 0.3 is 0 Å². The third kappa shape index (κ3) is 2.40. The molecule has 0 spiro atoms. The van der Waals surface area contributed by atoms with E-state index in [4.69, 9.17) is 10.8 Å². The van der Waals surface area contributed by atoms with Crippen LogP contribution in [0.1, 0.15) is 15.9 Å². The molecule has 2 rings (SSSR count). The van der Waals surface area contributed by atoms with Gasteiger partial charge in [0.25, 0.3) is 5.91 Å². The van der Waals surface area contributed by atoms with Gasteiger partial charge in [-0.2, -0.15) is 0 Å². The summed E-state index contributed by atoms with van der Waals surface area (Å²) in [5.74, 6) is -0.133. The number of carbonyl (C=O) groups is 1. The van der Waals surface area contributed by atoms with Crippen molar-refractivity contribution in [2.75, 3.05) is 25.4 Å². The summed E-state index contributed by atoms with van der Waals surface area (Å²) in [5, 5.41) is 18.1. The Kier molecular flexibility index (Phi) is 3.31. The minimum Gasteiger partial charge on any atom is -0.399 e. The molecule has 1 amide bonds. The lowest BCUT2D eigenvalue weighted by atomic mass is 9.98. The summed E-state index contributed by atoms with van der Waals surface area (Å²) in [6, 6.07) is 5.31.